The Morgan fingerprint density at radius 1 is 0.871 bits per heavy atom. The highest BCUT2D eigenvalue weighted by Crippen LogP contribution is 2.48. The van der Waals surface area contributed by atoms with Crippen LogP contribution in [0.15, 0.2) is 66.7 Å². The lowest BCUT2D eigenvalue weighted by Gasteiger charge is -2.36. The largest absolute Gasteiger partial charge is 0.501 e. The van der Waals surface area contributed by atoms with Gasteiger partial charge in [-0.3, -0.25) is 19.3 Å². The standard InChI is InChI=1S/C46H53N9O7/c1-5-52(6-2)26-42(58)54-16-8-10-38(54)44-47-23-34(50-44)27-12-14-36-29(17-27)20-39-33-13-11-28(21-40(33)62-45(55(36)39)30-18-31(56)22-32(19-30)60-3)35-24-48-43(51-35)37-9-7-15-53(37)41(57)25-49-46(59)61-4/h11-14,17,20-24,30,37-38,45H,5-10,15-16,18-19,25-26H2,1-4H3,(H,47,50)(H,48,51)(H,49,59). The molecule has 4 unspecified atom stereocenters. The average Bonchev–Trinajstić information content (AvgIpc) is 4.15. The number of ether oxygens (including phenoxy) is 3. The molecule has 1 aliphatic carbocycles. The molecule has 0 saturated carbocycles. The van der Waals surface area contributed by atoms with Gasteiger partial charge in [-0.2, -0.15) is 0 Å². The summed E-state index contributed by atoms with van der Waals surface area (Å²) in [6, 6.07) is 14.3. The molecular weight excluding hydrogens is 791 g/mol. The Bertz CT molecular complexity index is 2550. The van der Waals surface area contributed by atoms with Crippen LogP contribution in [0.3, 0.4) is 0 Å². The van der Waals surface area contributed by atoms with E-state index < -0.39 is 12.3 Å². The van der Waals surface area contributed by atoms with Crippen LogP contribution in [0.1, 0.15) is 82.3 Å². The van der Waals surface area contributed by atoms with Crippen LogP contribution in [-0.4, -0.2) is 116 Å². The molecule has 6 heterocycles. The molecule has 3 amide bonds. The van der Waals surface area contributed by atoms with Gasteiger partial charge >= 0.3 is 6.09 Å². The van der Waals surface area contributed by atoms with Crippen LogP contribution < -0.4 is 10.1 Å². The maximum Gasteiger partial charge on any atom is 0.407 e. The van der Waals surface area contributed by atoms with E-state index >= 15 is 0 Å². The average molecular weight is 844 g/mol. The van der Waals surface area contributed by atoms with Crippen LogP contribution >= 0.6 is 0 Å². The number of allylic oxidation sites excluding steroid dienone is 2. The molecule has 9 rings (SSSR count). The number of methoxy groups -OCH3 is 2. The summed E-state index contributed by atoms with van der Waals surface area (Å²) in [5, 5.41) is 3.49. The van der Waals surface area contributed by atoms with Gasteiger partial charge in [-0.15, -0.1) is 0 Å². The summed E-state index contributed by atoms with van der Waals surface area (Å²) >= 11 is 0. The molecule has 3 aromatic heterocycles. The summed E-state index contributed by atoms with van der Waals surface area (Å²) in [6.07, 6.45) is 8.28. The number of likely N-dealkylation sites (N-methyl/N-ethyl adjacent to an activating group) is 1. The van der Waals surface area contributed by atoms with Crippen molar-refractivity contribution in [1.82, 2.24) is 44.5 Å². The zero-order valence-electron chi connectivity index (χ0n) is 35.6. The Morgan fingerprint density at radius 3 is 2.19 bits per heavy atom. The van der Waals surface area contributed by atoms with Crippen LogP contribution in [0, 0.1) is 5.92 Å². The topological polar surface area (TPSA) is 180 Å². The van der Waals surface area contributed by atoms with Gasteiger partial charge in [0, 0.05) is 60.0 Å². The minimum atomic E-state index is -0.654. The number of hydrogen-bond acceptors (Lipinski definition) is 10. The van der Waals surface area contributed by atoms with Crippen LogP contribution in [0.25, 0.3) is 44.7 Å². The molecule has 0 bridgehead atoms. The molecule has 3 aliphatic heterocycles. The van der Waals surface area contributed by atoms with Crippen molar-refractivity contribution in [3.63, 3.8) is 0 Å². The van der Waals surface area contributed by atoms with Crippen molar-refractivity contribution in [3.8, 4) is 39.5 Å². The Kier molecular flexibility index (Phi) is 11.3. The molecule has 0 radical (unpaired) electrons. The van der Waals surface area contributed by atoms with Crippen LogP contribution in [0.2, 0.25) is 0 Å². The minimum absolute atomic E-state index is 0.00215. The molecule has 2 aromatic carbocycles. The first kappa shape index (κ1) is 41.0. The fraction of sp³-hybridized carbons (Fsp3) is 0.435. The van der Waals surface area contributed by atoms with Crippen LogP contribution in [0.5, 0.6) is 5.75 Å². The van der Waals surface area contributed by atoms with Crippen molar-refractivity contribution < 1.29 is 33.4 Å². The Labute approximate surface area is 359 Å². The summed E-state index contributed by atoms with van der Waals surface area (Å²) in [7, 11) is 2.86. The number of amides is 3. The molecular formula is C46H53N9O7. The fourth-order valence-electron chi connectivity index (χ4n) is 9.66. The monoisotopic (exact) mass is 843 g/mol. The number of carbonyl (C=O) groups excluding carboxylic acids is 4. The van der Waals surface area contributed by atoms with Crippen molar-refractivity contribution in [3.05, 3.63) is 78.3 Å². The van der Waals surface area contributed by atoms with Crippen LogP contribution in [-0.2, 0) is 23.9 Å². The molecule has 4 atom stereocenters. The number of imidazole rings is 2. The van der Waals surface area contributed by atoms with Gasteiger partial charge in [-0.1, -0.05) is 26.0 Å². The van der Waals surface area contributed by atoms with E-state index in [4.69, 9.17) is 19.4 Å². The summed E-state index contributed by atoms with van der Waals surface area (Å²) in [6.45, 7) is 7.37. The van der Waals surface area contributed by atoms with Gasteiger partial charge in [-0.25, -0.2) is 14.8 Å². The summed E-state index contributed by atoms with van der Waals surface area (Å²) < 4.78 is 19.4. The van der Waals surface area contributed by atoms with Gasteiger partial charge < -0.3 is 43.9 Å². The maximum absolute atomic E-state index is 13.3. The van der Waals surface area contributed by atoms with E-state index in [0.717, 1.165) is 95.8 Å². The molecule has 2 saturated heterocycles. The molecule has 4 aliphatic rings. The second kappa shape index (κ2) is 17.2. The predicted molar refractivity (Wildman–Crippen MR) is 231 cm³/mol. The SMILES string of the molecule is CCN(CC)CC(=O)N1CCCC1c1ncc(-c2ccc3c(c2)cc2n3C(C3CC(=O)C=C(OC)C3)Oc3cc(-c4cnc(C5CCCN5C(=O)CNC(=O)OC)[nH]4)ccc3-2)[nH]1. The quantitative estimate of drug-likeness (QED) is 0.125. The van der Waals surface area contributed by atoms with Crippen molar-refractivity contribution in [2.24, 2.45) is 5.92 Å². The number of nitrogens with zero attached hydrogens (tertiary/aromatic N) is 6. The first-order valence-electron chi connectivity index (χ1n) is 21.6. The number of nitrogens with one attached hydrogen (secondary N) is 3. The van der Waals surface area contributed by atoms with Crippen molar-refractivity contribution in [2.45, 2.75) is 70.7 Å². The fourth-order valence-corrected chi connectivity index (χ4v) is 9.66. The first-order chi connectivity index (χ1) is 30.2. The number of ketones is 1. The molecule has 16 nitrogen and oxygen atoms in total. The van der Waals surface area contributed by atoms with E-state index in [0.29, 0.717) is 43.3 Å². The summed E-state index contributed by atoms with van der Waals surface area (Å²) in [5.74, 6) is 2.52. The van der Waals surface area contributed by atoms with Crippen molar-refractivity contribution >= 4 is 34.6 Å². The maximum atomic E-state index is 13.3. The third-order valence-corrected chi connectivity index (χ3v) is 12.9. The number of H-pyrrole nitrogens is 2. The minimum Gasteiger partial charge on any atom is -0.501 e. The Balaban J connectivity index is 1.02. The van der Waals surface area contributed by atoms with Crippen LogP contribution in [0.4, 0.5) is 4.79 Å². The van der Waals surface area contributed by atoms with E-state index in [1.165, 1.54) is 7.11 Å². The van der Waals surface area contributed by atoms with Gasteiger partial charge in [0.25, 0.3) is 0 Å². The highest BCUT2D eigenvalue weighted by Gasteiger charge is 2.38. The van der Waals surface area contributed by atoms with Crippen molar-refractivity contribution in [2.75, 3.05) is 53.5 Å². The summed E-state index contributed by atoms with van der Waals surface area (Å²) in [4.78, 5) is 73.4. The predicted octanol–water partition coefficient (Wildman–Crippen LogP) is 6.51. The third kappa shape index (κ3) is 7.71. The molecule has 0 spiro atoms. The summed E-state index contributed by atoms with van der Waals surface area (Å²) in [5.41, 5.74) is 6.35. The number of alkyl carbamates (subject to hydrolysis) is 1. The highest BCUT2D eigenvalue weighted by molar-refractivity contribution is 5.93. The lowest BCUT2D eigenvalue weighted by Crippen LogP contribution is -2.40. The van der Waals surface area contributed by atoms with E-state index in [-0.39, 0.29) is 42.1 Å². The number of hydrogen-bond donors (Lipinski definition) is 3. The van der Waals surface area contributed by atoms with Crippen molar-refractivity contribution in [1.29, 1.82) is 0 Å². The zero-order chi connectivity index (χ0) is 43.1. The van der Waals surface area contributed by atoms with Gasteiger partial charge in [0.05, 0.1) is 73.6 Å². The molecule has 5 aromatic rings. The number of likely N-dealkylation sites (tertiary alicyclic amines) is 2. The number of carbonyl (C=O) groups is 4. The Morgan fingerprint density at radius 2 is 1.53 bits per heavy atom. The molecule has 2 fully saturated rings. The van der Waals surface area contributed by atoms with E-state index in [1.54, 1.807) is 24.3 Å². The van der Waals surface area contributed by atoms with E-state index in [2.05, 4.69) is 73.7 Å². The Hall–Kier alpha value is -6.42. The number of rotatable bonds is 12. The lowest BCUT2D eigenvalue weighted by molar-refractivity contribution is -0.133. The molecule has 62 heavy (non-hydrogen) atoms. The van der Waals surface area contributed by atoms with E-state index in [9.17, 15) is 19.2 Å². The molecule has 324 valence electrons. The smallest absolute Gasteiger partial charge is 0.407 e. The highest BCUT2D eigenvalue weighted by atomic mass is 16.5. The normalized spacial score (nSPS) is 20.9. The number of fused-ring (bicyclic) bond motifs is 5. The lowest BCUT2D eigenvalue weighted by atomic mass is 9.89. The first-order valence-corrected chi connectivity index (χ1v) is 21.6. The molecule has 3 N–H and O–H groups in total. The zero-order valence-corrected chi connectivity index (χ0v) is 35.6. The molecule has 16 heteroatoms. The second-order valence-electron chi connectivity index (χ2n) is 16.5. The van der Waals surface area contributed by atoms with Gasteiger partial charge in [-0.05, 0) is 69.1 Å². The number of benzene rings is 2. The third-order valence-electron chi connectivity index (χ3n) is 12.9. The second-order valence-corrected chi connectivity index (χ2v) is 16.5. The number of aromatic nitrogens is 5. The van der Waals surface area contributed by atoms with E-state index in [1.807, 2.05) is 23.2 Å². The number of aromatic amines is 2. The van der Waals surface area contributed by atoms with Gasteiger partial charge in [0.15, 0.2) is 12.0 Å². The van der Waals surface area contributed by atoms with Gasteiger partial charge in [0.2, 0.25) is 11.8 Å². The van der Waals surface area contributed by atoms with Gasteiger partial charge in [0.1, 0.15) is 23.9 Å².